The SMILES string of the molecule is CN(C(=O)C=Cc1ccccc1)C(=N[N+](=O)[O-])N(CC1CCOC1)C(=O)C=Cc1ccccc1. The molecule has 0 saturated carbocycles. The lowest BCUT2D eigenvalue weighted by Gasteiger charge is -2.27. The molecule has 2 aromatic rings. The summed E-state index contributed by atoms with van der Waals surface area (Å²) in [5.41, 5.74) is 1.59. The van der Waals surface area contributed by atoms with Crippen molar-refractivity contribution in [2.24, 2.45) is 11.0 Å². The summed E-state index contributed by atoms with van der Waals surface area (Å²) >= 11 is 0. The van der Waals surface area contributed by atoms with E-state index >= 15 is 0 Å². The van der Waals surface area contributed by atoms with E-state index in [-0.39, 0.29) is 18.4 Å². The molecule has 0 bridgehead atoms. The first-order chi connectivity index (χ1) is 16.4. The van der Waals surface area contributed by atoms with Gasteiger partial charge in [0.25, 0.3) is 17.8 Å². The van der Waals surface area contributed by atoms with Crippen LogP contribution in [0.15, 0.2) is 77.9 Å². The number of carbonyl (C=O) groups excluding carboxylic acids is 2. The molecule has 1 unspecified atom stereocenters. The Hall–Kier alpha value is -4.11. The maximum absolute atomic E-state index is 13.2. The average Bonchev–Trinajstić information content (AvgIpc) is 3.37. The Morgan fingerprint density at radius 3 is 2.09 bits per heavy atom. The van der Waals surface area contributed by atoms with Crippen molar-refractivity contribution in [3.05, 3.63) is 94.1 Å². The summed E-state index contributed by atoms with van der Waals surface area (Å²) in [6.45, 7) is 1.09. The highest BCUT2D eigenvalue weighted by Crippen LogP contribution is 2.16. The van der Waals surface area contributed by atoms with Crippen LogP contribution in [0.25, 0.3) is 12.2 Å². The van der Waals surface area contributed by atoms with Gasteiger partial charge in [0.05, 0.1) is 6.61 Å². The van der Waals surface area contributed by atoms with Crippen LogP contribution in [0.3, 0.4) is 0 Å². The summed E-state index contributed by atoms with van der Waals surface area (Å²) in [4.78, 5) is 39.5. The largest absolute Gasteiger partial charge is 0.381 e. The minimum atomic E-state index is -0.910. The number of guanidine groups is 1. The highest BCUT2D eigenvalue weighted by atomic mass is 16.7. The van der Waals surface area contributed by atoms with Crippen molar-refractivity contribution in [3.8, 4) is 0 Å². The van der Waals surface area contributed by atoms with Gasteiger partial charge in [-0.25, -0.2) is 10.1 Å². The maximum Gasteiger partial charge on any atom is 0.287 e. The minimum absolute atomic E-state index is 0.0330. The summed E-state index contributed by atoms with van der Waals surface area (Å²) in [6.07, 6.45) is 6.50. The second kappa shape index (κ2) is 12.2. The van der Waals surface area contributed by atoms with Gasteiger partial charge in [-0.15, -0.1) is 0 Å². The first-order valence-corrected chi connectivity index (χ1v) is 10.8. The molecule has 1 atom stereocenters. The van der Waals surface area contributed by atoms with Gasteiger partial charge in [0.1, 0.15) is 5.10 Å². The Labute approximate surface area is 197 Å². The maximum atomic E-state index is 13.2. The Kier molecular flexibility index (Phi) is 8.81. The van der Waals surface area contributed by atoms with E-state index in [0.717, 1.165) is 20.9 Å². The van der Waals surface area contributed by atoms with Gasteiger partial charge in [-0.2, -0.15) is 0 Å². The van der Waals surface area contributed by atoms with Gasteiger partial charge in [-0.1, -0.05) is 60.7 Å². The molecule has 1 heterocycles. The summed E-state index contributed by atoms with van der Waals surface area (Å²) < 4.78 is 5.40. The van der Waals surface area contributed by atoms with E-state index in [1.807, 2.05) is 60.7 Å². The third kappa shape index (κ3) is 7.21. The molecule has 3 rings (SSSR count). The fourth-order valence-electron chi connectivity index (χ4n) is 3.39. The van der Waals surface area contributed by atoms with Crippen LogP contribution in [0, 0.1) is 16.0 Å². The second-order valence-corrected chi connectivity index (χ2v) is 7.70. The molecule has 1 fully saturated rings. The Bertz CT molecular complexity index is 1080. The quantitative estimate of drug-likeness (QED) is 0.206. The van der Waals surface area contributed by atoms with E-state index in [1.54, 1.807) is 12.2 Å². The first-order valence-electron chi connectivity index (χ1n) is 10.8. The summed E-state index contributed by atoms with van der Waals surface area (Å²) in [6, 6.07) is 18.3. The lowest BCUT2D eigenvalue weighted by molar-refractivity contribution is -0.486. The predicted octanol–water partition coefficient (Wildman–Crippen LogP) is 3.28. The van der Waals surface area contributed by atoms with Crippen molar-refractivity contribution in [2.45, 2.75) is 6.42 Å². The molecule has 9 nitrogen and oxygen atoms in total. The standard InChI is InChI=1S/C25H26N4O5/c1-27(23(30)14-12-20-8-4-2-5-9-20)25(26-29(32)33)28(18-22-16-17-34-19-22)24(31)15-13-21-10-6-3-7-11-21/h2-15,22H,16-19H2,1H3. The molecule has 0 radical (unpaired) electrons. The molecule has 0 N–H and O–H groups in total. The molecule has 0 aliphatic carbocycles. The van der Waals surface area contributed by atoms with Gasteiger partial charge in [0.15, 0.2) is 5.03 Å². The van der Waals surface area contributed by atoms with Crippen LogP contribution in [0.4, 0.5) is 0 Å². The van der Waals surface area contributed by atoms with Crippen LogP contribution >= 0.6 is 0 Å². The summed E-state index contributed by atoms with van der Waals surface area (Å²) in [7, 11) is 1.35. The summed E-state index contributed by atoms with van der Waals surface area (Å²) in [5, 5.41) is 13.8. The van der Waals surface area contributed by atoms with Crippen molar-refractivity contribution >= 4 is 29.9 Å². The van der Waals surface area contributed by atoms with Gasteiger partial charge in [-0.05, 0) is 29.7 Å². The zero-order valence-corrected chi connectivity index (χ0v) is 18.8. The number of nitrogens with zero attached hydrogens (tertiary/aromatic N) is 4. The molecule has 0 aromatic heterocycles. The molecule has 1 aliphatic heterocycles. The molecule has 176 valence electrons. The number of hydrogen-bond donors (Lipinski definition) is 0. The number of hydrazone groups is 1. The van der Waals surface area contributed by atoms with E-state index in [2.05, 4.69) is 5.10 Å². The normalized spacial score (nSPS) is 16.1. The number of hydrogen-bond acceptors (Lipinski definition) is 5. The molecule has 0 spiro atoms. The molecular weight excluding hydrogens is 436 g/mol. The van der Waals surface area contributed by atoms with Gasteiger partial charge in [-0.3, -0.25) is 19.4 Å². The highest BCUT2D eigenvalue weighted by Gasteiger charge is 2.31. The Morgan fingerprint density at radius 1 is 1.03 bits per heavy atom. The van der Waals surface area contributed by atoms with Crippen molar-refractivity contribution in [1.29, 1.82) is 0 Å². The average molecular weight is 463 g/mol. The zero-order chi connectivity index (χ0) is 24.3. The van der Waals surface area contributed by atoms with Crippen molar-refractivity contribution in [3.63, 3.8) is 0 Å². The van der Waals surface area contributed by atoms with Crippen LogP contribution in [-0.4, -0.2) is 59.4 Å². The zero-order valence-electron chi connectivity index (χ0n) is 18.8. The van der Waals surface area contributed by atoms with Crippen LogP contribution in [0.5, 0.6) is 0 Å². The fourth-order valence-corrected chi connectivity index (χ4v) is 3.39. The van der Waals surface area contributed by atoms with Gasteiger partial charge >= 0.3 is 0 Å². The van der Waals surface area contributed by atoms with E-state index in [0.29, 0.717) is 19.6 Å². The number of carbonyl (C=O) groups is 2. The molecule has 9 heteroatoms. The number of ether oxygens (including phenoxy) is 1. The molecule has 1 saturated heterocycles. The third-order valence-corrected chi connectivity index (χ3v) is 5.21. The lowest BCUT2D eigenvalue weighted by atomic mass is 10.1. The fraction of sp³-hybridized carbons (Fsp3) is 0.240. The van der Waals surface area contributed by atoms with Crippen molar-refractivity contribution in [2.75, 3.05) is 26.8 Å². The van der Waals surface area contributed by atoms with Crippen LogP contribution in [-0.2, 0) is 14.3 Å². The molecule has 2 aromatic carbocycles. The summed E-state index contributed by atoms with van der Waals surface area (Å²) in [5.74, 6) is -1.48. The van der Waals surface area contributed by atoms with Gasteiger partial charge in [0, 0.05) is 38.3 Å². The smallest absolute Gasteiger partial charge is 0.287 e. The lowest BCUT2D eigenvalue weighted by Crippen LogP contribution is -2.49. The Balaban J connectivity index is 1.88. The van der Waals surface area contributed by atoms with E-state index in [1.165, 1.54) is 19.2 Å². The first kappa shape index (κ1) is 24.5. The number of amides is 2. The van der Waals surface area contributed by atoms with E-state index < -0.39 is 16.8 Å². The van der Waals surface area contributed by atoms with E-state index in [9.17, 15) is 19.7 Å². The van der Waals surface area contributed by atoms with Gasteiger partial charge in [0.2, 0.25) is 0 Å². The Morgan fingerprint density at radius 2 is 1.59 bits per heavy atom. The number of rotatable bonds is 7. The van der Waals surface area contributed by atoms with Crippen LogP contribution < -0.4 is 0 Å². The van der Waals surface area contributed by atoms with Gasteiger partial charge < -0.3 is 4.74 Å². The molecular formula is C25H26N4O5. The number of likely N-dealkylation sites (N-methyl/N-ethyl adjacent to an activating group) is 1. The highest BCUT2D eigenvalue weighted by molar-refractivity contribution is 6.10. The second-order valence-electron chi connectivity index (χ2n) is 7.70. The molecule has 2 amide bonds. The van der Waals surface area contributed by atoms with E-state index in [4.69, 9.17) is 4.74 Å². The third-order valence-electron chi connectivity index (χ3n) is 5.21. The molecule has 1 aliphatic rings. The number of nitro groups is 1. The van der Waals surface area contributed by atoms with Crippen LogP contribution in [0.2, 0.25) is 0 Å². The van der Waals surface area contributed by atoms with Crippen LogP contribution in [0.1, 0.15) is 17.5 Å². The topological polar surface area (TPSA) is 105 Å². The molecule has 34 heavy (non-hydrogen) atoms. The number of benzene rings is 2. The predicted molar refractivity (Wildman–Crippen MR) is 129 cm³/mol. The van der Waals surface area contributed by atoms with Crippen molar-refractivity contribution < 1.29 is 19.4 Å². The monoisotopic (exact) mass is 462 g/mol. The van der Waals surface area contributed by atoms with Crippen molar-refractivity contribution in [1.82, 2.24) is 9.80 Å². The minimum Gasteiger partial charge on any atom is -0.381 e.